The molecule has 0 amide bonds. The summed E-state index contributed by atoms with van der Waals surface area (Å²) >= 11 is 0. The highest BCUT2D eigenvalue weighted by atomic mass is 16.3. The molecule has 0 N–H and O–H groups in total. The fourth-order valence-corrected chi connectivity index (χ4v) is 8.44. The molecular weight excluding hydrogens is 679 g/mol. The van der Waals surface area contributed by atoms with Gasteiger partial charge in [-0.15, -0.1) is 0 Å². The first kappa shape index (κ1) is 32.0. The number of benzene rings is 10. The molecule has 0 bridgehead atoms. The van der Waals surface area contributed by atoms with Gasteiger partial charge in [0.15, 0.2) is 0 Å². The zero-order chi connectivity index (χ0) is 37.0. The van der Waals surface area contributed by atoms with Crippen LogP contribution in [-0.2, 0) is 0 Å². The van der Waals surface area contributed by atoms with Gasteiger partial charge in [-0.2, -0.15) is 0 Å². The highest BCUT2D eigenvalue weighted by molar-refractivity contribution is 6.14. The van der Waals surface area contributed by atoms with Gasteiger partial charge in [-0.25, -0.2) is 0 Å². The molecular formula is C54H35NO. The number of anilines is 3. The highest BCUT2D eigenvalue weighted by Gasteiger charge is 2.16. The first-order valence-electron chi connectivity index (χ1n) is 19.2. The van der Waals surface area contributed by atoms with Crippen LogP contribution in [0, 0.1) is 0 Å². The summed E-state index contributed by atoms with van der Waals surface area (Å²) in [6.45, 7) is 0. The Morgan fingerprint density at radius 1 is 0.268 bits per heavy atom. The van der Waals surface area contributed by atoms with Gasteiger partial charge in [-0.1, -0.05) is 146 Å². The van der Waals surface area contributed by atoms with Gasteiger partial charge >= 0.3 is 0 Å². The van der Waals surface area contributed by atoms with Gasteiger partial charge in [0.2, 0.25) is 0 Å². The van der Waals surface area contributed by atoms with Crippen LogP contribution < -0.4 is 4.90 Å². The highest BCUT2D eigenvalue weighted by Crippen LogP contribution is 2.41. The van der Waals surface area contributed by atoms with E-state index in [-0.39, 0.29) is 0 Å². The van der Waals surface area contributed by atoms with Crippen molar-refractivity contribution in [3.8, 4) is 33.4 Å². The largest absolute Gasteiger partial charge is 0.456 e. The summed E-state index contributed by atoms with van der Waals surface area (Å²) in [5, 5.41) is 9.73. The molecule has 0 aliphatic rings. The number of nitrogens with zero attached hydrogens (tertiary/aromatic N) is 1. The van der Waals surface area contributed by atoms with Crippen molar-refractivity contribution in [3.05, 3.63) is 212 Å². The van der Waals surface area contributed by atoms with Crippen molar-refractivity contribution in [2.45, 2.75) is 0 Å². The molecule has 1 heterocycles. The minimum absolute atomic E-state index is 0.921. The standard InChI is InChI=1S/C54H35NO/c1-2-11-36(12-3-1)39-14-10-15-46(32-39)55(45-29-25-38(26-30-45)51-33-42-13-4-5-16-47(42)48-17-6-7-18-49(48)51)44-27-23-37(24-28-44)40-21-22-41-35-54-52(34-43(41)31-40)50-19-8-9-20-53(50)56-54/h1-35H. The van der Waals surface area contributed by atoms with Crippen LogP contribution in [0.2, 0.25) is 0 Å². The number of hydrogen-bond donors (Lipinski definition) is 0. The lowest BCUT2D eigenvalue weighted by Gasteiger charge is -2.26. The molecule has 11 rings (SSSR count). The number of fused-ring (bicyclic) bond motifs is 7. The van der Waals surface area contributed by atoms with Crippen LogP contribution in [0.3, 0.4) is 0 Å². The first-order chi connectivity index (χ1) is 27.7. The lowest BCUT2D eigenvalue weighted by atomic mass is 9.93. The van der Waals surface area contributed by atoms with Gasteiger partial charge in [0.1, 0.15) is 11.2 Å². The lowest BCUT2D eigenvalue weighted by Crippen LogP contribution is -2.10. The molecule has 0 unspecified atom stereocenters. The zero-order valence-electron chi connectivity index (χ0n) is 30.6. The fraction of sp³-hybridized carbons (Fsp3) is 0. The van der Waals surface area contributed by atoms with Crippen molar-refractivity contribution in [1.82, 2.24) is 0 Å². The summed E-state index contributed by atoms with van der Waals surface area (Å²) in [4.78, 5) is 2.36. The maximum absolute atomic E-state index is 6.17. The molecule has 0 aliphatic heterocycles. The van der Waals surface area contributed by atoms with Crippen LogP contribution in [0.5, 0.6) is 0 Å². The van der Waals surface area contributed by atoms with Gasteiger partial charge in [0.05, 0.1) is 0 Å². The molecule has 0 aliphatic carbocycles. The molecule has 0 radical (unpaired) electrons. The molecule has 262 valence electrons. The Morgan fingerprint density at radius 3 is 1.68 bits per heavy atom. The van der Waals surface area contributed by atoms with E-state index in [2.05, 4.69) is 205 Å². The number of hydrogen-bond acceptors (Lipinski definition) is 2. The normalized spacial score (nSPS) is 11.6. The summed E-state index contributed by atoms with van der Waals surface area (Å²) in [6.07, 6.45) is 0. The quantitative estimate of drug-likeness (QED) is 0.160. The molecule has 0 fully saturated rings. The monoisotopic (exact) mass is 713 g/mol. The van der Waals surface area contributed by atoms with E-state index in [0.29, 0.717) is 0 Å². The number of rotatable bonds is 6. The van der Waals surface area contributed by atoms with Crippen LogP contribution in [0.1, 0.15) is 0 Å². The summed E-state index contributed by atoms with van der Waals surface area (Å²) in [6, 6.07) is 76.6. The van der Waals surface area contributed by atoms with Crippen LogP contribution >= 0.6 is 0 Å². The summed E-state index contributed by atoms with van der Waals surface area (Å²) < 4.78 is 6.17. The van der Waals surface area contributed by atoms with Crippen LogP contribution in [0.25, 0.3) is 87.6 Å². The predicted octanol–water partition coefficient (Wildman–Crippen LogP) is 15.5. The van der Waals surface area contributed by atoms with Crippen molar-refractivity contribution in [2.24, 2.45) is 0 Å². The van der Waals surface area contributed by atoms with Gasteiger partial charge in [-0.3, -0.25) is 0 Å². The van der Waals surface area contributed by atoms with E-state index in [9.17, 15) is 0 Å². The van der Waals surface area contributed by atoms with Gasteiger partial charge < -0.3 is 9.32 Å². The van der Waals surface area contributed by atoms with Crippen LogP contribution in [0.15, 0.2) is 217 Å². The van der Waals surface area contributed by atoms with Gasteiger partial charge in [0.25, 0.3) is 0 Å². The Hall–Kier alpha value is -7.42. The first-order valence-corrected chi connectivity index (χ1v) is 19.2. The average molecular weight is 714 g/mol. The fourth-order valence-electron chi connectivity index (χ4n) is 8.44. The van der Waals surface area contributed by atoms with Crippen LogP contribution in [0.4, 0.5) is 17.1 Å². The number of furan rings is 1. The molecule has 0 atom stereocenters. The zero-order valence-corrected chi connectivity index (χ0v) is 30.6. The Morgan fingerprint density at radius 2 is 0.875 bits per heavy atom. The maximum Gasteiger partial charge on any atom is 0.136 e. The third kappa shape index (κ3) is 5.51. The molecule has 11 aromatic rings. The summed E-state index contributed by atoms with van der Waals surface area (Å²) in [5.74, 6) is 0. The Bertz CT molecular complexity index is 3230. The summed E-state index contributed by atoms with van der Waals surface area (Å²) in [5.41, 5.74) is 12.3. The minimum atomic E-state index is 0.921. The van der Waals surface area contributed by atoms with Crippen molar-refractivity contribution < 1.29 is 4.42 Å². The van der Waals surface area contributed by atoms with E-state index in [1.54, 1.807) is 0 Å². The van der Waals surface area contributed by atoms with Gasteiger partial charge in [0, 0.05) is 27.8 Å². The Labute approximate surface area is 325 Å². The maximum atomic E-state index is 6.17. The van der Waals surface area contributed by atoms with Crippen molar-refractivity contribution in [1.29, 1.82) is 0 Å². The van der Waals surface area contributed by atoms with Crippen molar-refractivity contribution in [2.75, 3.05) is 4.90 Å². The van der Waals surface area contributed by atoms with E-state index in [4.69, 9.17) is 4.42 Å². The lowest BCUT2D eigenvalue weighted by molar-refractivity contribution is 0.669. The molecule has 0 saturated carbocycles. The Kier molecular flexibility index (Phi) is 7.53. The average Bonchev–Trinajstić information content (AvgIpc) is 3.63. The number of para-hydroxylation sites is 1. The molecule has 2 heteroatoms. The molecule has 10 aromatic carbocycles. The second kappa shape index (κ2) is 13.2. The molecule has 56 heavy (non-hydrogen) atoms. The van der Waals surface area contributed by atoms with E-state index < -0.39 is 0 Å². The van der Waals surface area contributed by atoms with E-state index >= 15 is 0 Å². The van der Waals surface area contributed by atoms with Crippen molar-refractivity contribution in [3.63, 3.8) is 0 Å². The Balaban J connectivity index is 0.997. The molecule has 1 aromatic heterocycles. The third-order valence-corrected chi connectivity index (χ3v) is 11.2. The second-order valence-corrected chi connectivity index (χ2v) is 14.5. The SMILES string of the molecule is c1ccc(-c2cccc(N(c3ccc(-c4ccc5cc6oc7ccccc7c6cc5c4)cc3)c3ccc(-c4cc5ccccc5c5ccccc45)cc3)c2)cc1. The molecule has 0 saturated heterocycles. The molecule has 0 spiro atoms. The van der Waals surface area contributed by atoms with Gasteiger partial charge in [-0.05, 0) is 132 Å². The topological polar surface area (TPSA) is 16.4 Å². The second-order valence-electron chi connectivity index (χ2n) is 14.5. The van der Waals surface area contributed by atoms with E-state index in [1.165, 1.54) is 65.7 Å². The van der Waals surface area contributed by atoms with Crippen LogP contribution in [-0.4, -0.2) is 0 Å². The van der Waals surface area contributed by atoms with E-state index in [0.717, 1.165) is 39.0 Å². The van der Waals surface area contributed by atoms with Crippen molar-refractivity contribution >= 4 is 71.3 Å². The minimum Gasteiger partial charge on any atom is -0.456 e. The predicted molar refractivity (Wildman–Crippen MR) is 237 cm³/mol. The molecule has 2 nitrogen and oxygen atoms in total. The smallest absolute Gasteiger partial charge is 0.136 e. The van der Waals surface area contributed by atoms with E-state index in [1.807, 2.05) is 12.1 Å². The third-order valence-electron chi connectivity index (χ3n) is 11.2. The summed E-state index contributed by atoms with van der Waals surface area (Å²) in [7, 11) is 0.